The van der Waals surface area contributed by atoms with Gasteiger partial charge in [-0.25, -0.2) is 9.97 Å². The average Bonchev–Trinajstić information content (AvgIpc) is 3.33. The van der Waals surface area contributed by atoms with Gasteiger partial charge in [-0.15, -0.1) is 0 Å². The molecule has 2 atom stereocenters. The summed E-state index contributed by atoms with van der Waals surface area (Å²) >= 11 is 6.16. The molecule has 0 saturated carbocycles. The van der Waals surface area contributed by atoms with Crippen LogP contribution in [0.5, 0.6) is 0 Å². The number of halogens is 1. The number of hydrogen-bond donors (Lipinski definition) is 0. The van der Waals surface area contributed by atoms with E-state index in [0.29, 0.717) is 5.15 Å². The Morgan fingerprint density at radius 3 is 3.04 bits per heavy atom. The number of ether oxygens (including phenoxy) is 1. The fourth-order valence-electron chi connectivity index (χ4n) is 3.89. The van der Waals surface area contributed by atoms with Gasteiger partial charge >= 0.3 is 0 Å². The smallest absolute Gasteiger partial charge is 0.146 e. The first-order valence-corrected chi connectivity index (χ1v) is 9.61. The van der Waals surface area contributed by atoms with Gasteiger partial charge < -0.3 is 9.30 Å². The molecule has 27 heavy (non-hydrogen) atoms. The van der Waals surface area contributed by atoms with Crippen molar-refractivity contribution in [1.29, 1.82) is 0 Å². The maximum Gasteiger partial charge on any atom is 0.146 e. The van der Waals surface area contributed by atoms with Crippen LogP contribution in [-0.4, -0.2) is 25.6 Å². The predicted molar refractivity (Wildman–Crippen MR) is 106 cm³/mol. The van der Waals surface area contributed by atoms with Crippen molar-refractivity contribution in [3.63, 3.8) is 0 Å². The molecular formula is C21H19ClN4O. The molecule has 3 aromatic heterocycles. The Balaban J connectivity index is 1.27. The first kappa shape index (κ1) is 16.7. The fourth-order valence-corrected chi connectivity index (χ4v) is 4.08. The summed E-state index contributed by atoms with van der Waals surface area (Å²) in [7, 11) is 0. The fraction of sp³-hybridized carbons (Fsp3) is 0.286. The summed E-state index contributed by atoms with van der Waals surface area (Å²) < 4.78 is 8.38. The van der Waals surface area contributed by atoms with Crippen molar-refractivity contribution in [2.45, 2.75) is 38.0 Å². The minimum Gasteiger partial charge on any atom is -0.355 e. The molecule has 5 nitrogen and oxygen atoms in total. The second-order valence-electron chi connectivity index (χ2n) is 7.01. The topological polar surface area (TPSA) is 52.8 Å². The van der Waals surface area contributed by atoms with Crippen molar-refractivity contribution in [1.82, 2.24) is 19.5 Å². The molecule has 6 heteroatoms. The lowest BCUT2D eigenvalue weighted by atomic mass is 10.0. The normalized spacial score (nSPS) is 19.9. The van der Waals surface area contributed by atoms with Crippen LogP contribution in [0.2, 0.25) is 5.15 Å². The van der Waals surface area contributed by atoms with Gasteiger partial charge in [-0.3, -0.25) is 4.98 Å². The van der Waals surface area contributed by atoms with Crippen molar-refractivity contribution in [2.75, 3.05) is 0 Å². The third-order valence-corrected chi connectivity index (χ3v) is 5.62. The van der Waals surface area contributed by atoms with Crippen LogP contribution < -0.4 is 0 Å². The summed E-state index contributed by atoms with van der Waals surface area (Å²) in [6.45, 7) is 0. The SMILES string of the molecule is Clc1ncnc2c1ccn2C1CCC(CCc2ccc3ccncc3c2)O1. The highest BCUT2D eigenvalue weighted by Gasteiger charge is 2.27. The highest BCUT2D eigenvalue weighted by molar-refractivity contribution is 6.33. The van der Waals surface area contributed by atoms with E-state index in [1.165, 1.54) is 22.7 Å². The first-order chi connectivity index (χ1) is 13.3. The minimum atomic E-state index is 0.0132. The number of benzene rings is 1. The van der Waals surface area contributed by atoms with E-state index in [1.54, 1.807) is 0 Å². The number of pyridine rings is 1. The molecule has 0 radical (unpaired) electrons. The molecule has 5 rings (SSSR count). The Kier molecular flexibility index (Phi) is 4.26. The highest BCUT2D eigenvalue weighted by atomic mass is 35.5. The van der Waals surface area contributed by atoms with Crippen LogP contribution in [0.25, 0.3) is 21.8 Å². The molecule has 0 N–H and O–H groups in total. The zero-order valence-electron chi connectivity index (χ0n) is 14.8. The first-order valence-electron chi connectivity index (χ1n) is 9.23. The maximum absolute atomic E-state index is 6.31. The second kappa shape index (κ2) is 6.91. The molecule has 0 amide bonds. The minimum absolute atomic E-state index is 0.0132. The largest absolute Gasteiger partial charge is 0.355 e. The quantitative estimate of drug-likeness (QED) is 0.472. The van der Waals surface area contributed by atoms with Gasteiger partial charge in [-0.05, 0) is 54.8 Å². The van der Waals surface area contributed by atoms with Crippen molar-refractivity contribution < 1.29 is 4.74 Å². The lowest BCUT2D eigenvalue weighted by Gasteiger charge is -2.16. The van der Waals surface area contributed by atoms with Crippen molar-refractivity contribution in [2.24, 2.45) is 0 Å². The predicted octanol–water partition coefficient (Wildman–Crippen LogP) is 4.94. The molecule has 1 saturated heterocycles. The summed E-state index contributed by atoms with van der Waals surface area (Å²) in [4.78, 5) is 12.6. The van der Waals surface area contributed by atoms with Crippen molar-refractivity contribution >= 4 is 33.4 Å². The Hall–Kier alpha value is -2.50. The van der Waals surface area contributed by atoms with Crippen LogP contribution in [0, 0.1) is 0 Å². The zero-order chi connectivity index (χ0) is 18.2. The van der Waals surface area contributed by atoms with E-state index in [0.717, 1.165) is 36.7 Å². The number of nitrogens with zero attached hydrogens (tertiary/aromatic N) is 4. The molecule has 1 aliphatic rings. The van der Waals surface area contributed by atoms with Gasteiger partial charge in [0.25, 0.3) is 0 Å². The Morgan fingerprint density at radius 1 is 1.11 bits per heavy atom. The number of aromatic nitrogens is 4. The van der Waals surface area contributed by atoms with Crippen LogP contribution in [0.4, 0.5) is 0 Å². The molecule has 0 aliphatic carbocycles. The molecule has 136 valence electrons. The summed E-state index contributed by atoms with van der Waals surface area (Å²) in [5, 5.41) is 3.77. The molecule has 0 spiro atoms. The molecular weight excluding hydrogens is 360 g/mol. The van der Waals surface area contributed by atoms with E-state index in [-0.39, 0.29) is 12.3 Å². The van der Waals surface area contributed by atoms with Crippen LogP contribution >= 0.6 is 11.6 Å². The van der Waals surface area contributed by atoms with Crippen LogP contribution in [-0.2, 0) is 11.2 Å². The third-order valence-electron chi connectivity index (χ3n) is 5.32. The molecule has 1 aromatic carbocycles. The van der Waals surface area contributed by atoms with Gasteiger partial charge in [0.2, 0.25) is 0 Å². The standard InChI is InChI=1S/C21H19ClN4O/c22-20-18-8-10-26(21(18)25-13-24-20)19-6-5-17(27-19)4-2-14-1-3-15-7-9-23-12-16(15)11-14/h1,3,7-13,17,19H,2,4-6H2. The van der Waals surface area contributed by atoms with Gasteiger partial charge in [0.15, 0.2) is 0 Å². The van der Waals surface area contributed by atoms with Gasteiger partial charge in [-0.2, -0.15) is 0 Å². The molecule has 4 heterocycles. The Morgan fingerprint density at radius 2 is 2.07 bits per heavy atom. The van der Waals surface area contributed by atoms with E-state index in [1.807, 2.05) is 30.7 Å². The van der Waals surface area contributed by atoms with E-state index >= 15 is 0 Å². The molecule has 1 aliphatic heterocycles. The van der Waals surface area contributed by atoms with Crippen LogP contribution in [0.3, 0.4) is 0 Å². The summed E-state index contributed by atoms with van der Waals surface area (Å²) in [6.07, 6.45) is 11.6. The Bertz CT molecular complexity index is 1110. The lowest BCUT2D eigenvalue weighted by Crippen LogP contribution is -2.12. The summed E-state index contributed by atoms with van der Waals surface area (Å²) in [5.74, 6) is 0. The number of hydrogen-bond acceptors (Lipinski definition) is 4. The lowest BCUT2D eigenvalue weighted by molar-refractivity contribution is 0.00120. The van der Waals surface area contributed by atoms with E-state index in [2.05, 4.69) is 37.7 Å². The monoisotopic (exact) mass is 378 g/mol. The van der Waals surface area contributed by atoms with Crippen LogP contribution in [0.15, 0.2) is 55.2 Å². The van der Waals surface area contributed by atoms with E-state index in [9.17, 15) is 0 Å². The molecule has 4 aromatic rings. The number of rotatable bonds is 4. The van der Waals surface area contributed by atoms with Gasteiger partial charge in [0.05, 0.1) is 11.5 Å². The van der Waals surface area contributed by atoms with Crippen molar-refractivity contribution in [3.05, 3.63) is 66.0 Å². The number of aryl methyl sites for hydroxylation is 1. The third kappa shape index (κ3) is 3.17. The number of fused-ring (bicyclic) bond motifs is 2. The summed E-state index contributed by atoms with van der Waals surface area (Å²) in [5.41, 5.74) is 2.16. The van der Waals surface area contributed by atoms with Gasteiger partial charge in [0, 0.05) is 24.0 Å². The van der Waals surface area contributed by atoms with E-state index < -0.39 is 0 Å². The maximum atomic E-state index is 6.31. The Labute approximate surface area is 162 Å². The van der Waals surface area contributed by atoms with Gasteiger partial charge in [0.1, 0.15) is 23.4 Å². The van der Waals surface area contributed by atoms with Crippen LogP contribution in [0.1, 0.15) is 31.1 Å². The molecule has 1 fully saturated rings. The van der Waals surface area contributed by atoms with E-state index in [4.69, 9.17) is 16.3 Å². The second-order valence-corrected chi connectivity index (χ2v) is 7.37. The highest BCUT2D eigenvalue weighted by Crippen LogP contribution is 2.34. The van der Waals surface area contributed by atoms with Gasteiger partial charge in [-0.1, -0.05) is 23.7 Å². The summed E-state index contributed by atoms with van der Waals surface area (Å²) in [6, 6.07) is 10.6. The molecule has 2 unspecified atom stereocenters. The van der Waals surface area contributed by atoms with Crippen molar-refractivity contribution in [3.8, 4) is 0 Å². The average molecular weight is 379 g/mol. The zero-order valence-corrected chi connectivity index (χ0v) is 15.5. The molecule has 0 bridgehead atoms.